The first-order chi connectivity index (χ1) is 6.79. The zero-order valence-electron chi connectivity index (χ0n) is 7.58. The average Bonchev–Trinajstić information content (AvgIpc) is 2.64. The molecule has 0 aliphatic carbocycles. The second-order valence-electron chi connectivity index (χ2n) is 2.99. The lowest BCUT2D eigenvalue weighted by Crippen LogP contribution is -2.06. The van der Waals surface area contributed by atoms with Crippen LogP contribution in [-0.2, 0) is 4.79 Å². The summed E-state index contributed by atoms with van der Waals surface area (Å²) in [6.45, 7) is 3.39. The van der Waals surface area contributed by atoms with E-state index in [0.29, 0.717) is 0 Å². The Bertz CT molecular complexity index is 485. The molecule has 1 heterocycles. The van der Waals surface area contributed by atoms with E-state index >= 15 is 0 Å². The van der Waals surface area contributed by atoms with Crippen LogP contribution >= 0.6 is 0 Å². The number of aromatic amines is 1. The Labute approximate surface area is 81.4 Å². The van der Waals surface area contributed by atoms with Crippen molar-refractivity contribution in [3.63, 3.8) is 0 Å². The third kappa shape index (κ3) is 1.52. The van der Waals surface area contributed by atoms with E-state index in [9.17, 15) is 4.79 Å². The van der Waals surface area contributed by atoms with Gasteiger partial charge in [-0.05, 0) is 23.6 Å². The molecule has 0 aliphatic rings. The van der Waals surface area contributed by atoms with Gasteiger partial charge < -0.3 is 10.3 Å². The second-order valence-corrected chi connectivity index (χ2v) is 2.99. The van der Waals surface area contributed by atoms with E-state index in [2.05, 4.69) is 16.9 Å². The molecule has 3 nitrogen and oxygen atoms in total. The third-order valence-corrected chi connectivity index (χ3v) is 2.02. The fourth-order valence-corrected chi connectivity index (χ4v) is 1.32. The van der Waals surface area contributed by atoms with Crippen LogP contribution in [0.5, 0.6) is 0 Å². The number of nitrogens with one attached hydrogen (secondary N) is 2. The van der Waals surface area contributed by atoms with E-state index < -0.39 is 0 Å². The van der Waals surface area contributed by atoms with Crippen molar-refractivity contribution in [3.05, 3.63) is 43.2 Å². The van der Waals surface area contributed by atoms with E-state index in [1.807, 2.05) is 30.6 Å². The molecular formula is C11H10N2O. The molecule has 0 saturated heterocycles. The first kappa shape index (κ1) is 8.56. The molecule has 0 spiro atoms. The Morgan fingerprint density at radius 2 is 2.14 bits per heavy atom. The summed E-state index contributed by atoms with van der Waals surface area (Å²) in [5.41, 5.74) is 0.780. The van der Waals surface area contributed by atoms with Crippen LogP contribution in [-0.4, -0.2) is 10.9 Å². The Hall–Kier alpha value is -2.03. The summed E-state index contributed by atoms with van der Waals surface area (Å²) in [7, 11) is 0. The number of anilines is 1. The number of hydrogen-bond acceptors (Lipinski definition) is 1. The van der Waals surface area contributed by atoms with Gasteiger partial charge in [0.15, 0.2) is 0 Å². The van der Waals surface area contributed by atoms with Gasteiger partial charge in [0.2, 0.25) is 5.91 Å². The fraction of sp³-hybridized carbons (Fsp3) is 0. The van der Waals surface area contributed by atoms with Crippen molar-refractivity contribution < 1.29 is 4.79 Å². The van der Waals surface area contributed by atoms with Crippen LogP contribution in [0.4, 0.5) is 5.69 Å². The first-order valence-electron chi connectivity index (χ1n) is 4.29. The molecule has 0 aliphatic heterocycles. The molecule has 2 aromatic rings. The number of aromatic nitrogens is 1. The standard InChI is InChI=1S/C11H10N2O/c1-2-11(14)13-10-4-3-8-6-12-7-9(8)5-10/h2-7,12H,1H2,(H,13,14). The zero-order valence-corrected chi connectivity index (χ0v) is 7.58. The van der Waals surface area contributed by atoms with Crippen molar-refractivity contribution in [3.8, 4) is 0 Å². The van der Waals surface area contributed by atoms with E-state index in [1.54, 1.807) is 0 Å². The SMILES string of the molecule is C=CC(=O)Nc1ccc2c[nH]cc2c1. The number of carbonyl (C=O) groups is 1. The normalized spacial score (nSPS) is 10.0. The molecular weight excluding hydrogens is 176 g/mol. The van der Waals surface area contributed by atoms with Gasteiger partial charge in [-0.2, -0.15) is 0 Å². The Kier molecular flexibility index (Phi) is 2.07. The summed E-state index contributed by atoms with van der Waals surface area (Å²) in [6.07, 6.45) is 5.05. The third-order valence-electron chi connectivity index (χ3n) is 2.02. The predicted octanol–water partition coefficient (Wildman–Crippen LogP) is 2.29. The Balaban J connectivity index is 2.34. The molecule has 0 atom stereocenters. The number of amides is 1. The minimum atomic E-state index is -0.195. The fourth-order valence-electron chi connectivity index (χ4n) is 1.32. The van der Waals surface area contributed by atoms with Crippen molar-refractivity contribution in [2.45, 2.75) is 0 Å². The highest BCUT2D eigenvalue weighted by molar-refractivity contribution is 6.00. The topological polar surface area (TPSA) is 44.9 Å². The van der Waals surface area contributed by atoms with Gasteiger partial charge in [0.1, 0.15) is 0 Å². The first-order valence-corrected chi connectivity index (χ1v) is 4.29. The van der Waals surface area contributed by atoms with E-state index in [0.717, 1.165) is 16.5 Å². The second kappa shape index (κ2) is 3.38. The lowest BCUT2D eigenvalue weighted by Gasteiger charge is -2.01. The van der Waals surface area contributed by atoms with Gasteiger partial charge in [0.25, 0.3) is 0 Å². The quantitative estimate of drug-likeness (QED) is 0.694. The largest absolute Gasteiger partial charge is 0.366 e. The van der Waals surface area contributed by atoms with Gasteiger partial charge in [-0.25, -0.2) is 0 Å². The van der Waals surface area contributed by atoms with Crippen LogP contribution in [0.15, 0.2) is 43.2 Å². The number of H-pyrrole nitrogens is 1. The summed E-state index contributed by atoms with van der Waals surface area (Å²) in [5, 5.41) is 4.90. The summed E-state index contributed by atoms with van der Waals surface area (Å²) in [5.74, 6) is -0.195. The molecule has 1 amide bonds. The summed E-state index contributed by atoms with van der Waals surface area (Å²) in [6, 6.07) is 5.72. The van der Waals surface area contributed by atoms with Crippen molar-refractivity contribution >= 4 is 22.4 Å². The van der Waals surface area contributed by atoms with E-state index in [-0.39, 0.29) is 5.91 Å². The Morgan fingerprint density at radius 1 is 1.36 bits per heavy atom. The monoisotopic (exact) mass is 186 g/mol. The summed E-state index contributed by atoms with van der Waals surface area (Å²) < 4.78 is 0. The molecule has 0 saturated carbocycles. The maximum absolute atomic E-state index is 11.0. The van der Waals surface area contributed by atoms with Gasteiger partial charge in [0.05, 0.1) is 0 Å². The smallest absolute Gasteiger partial charge is 0.247 e. The summed E-state index contributed by atoms with van der Waals surface area (Å²) >= 11 is 0. The van der Waals surface area contributed by atoms with Crippen LogP contribution in [0, 0.1) is 0 Å². The molecule has 3 heteroatoms. The molecule has 0 bridgehead atoms. The van der Waals surface area contributed by atoms with Crippen LogP contribution in [0.25, 0.3) is 10.8 Å². The number of fused-ring (bicyclic) bond motifs is 1. The van der Waals surface area contributed by atoms with Crippen LogP contribution in [0.1, 0.15) is 0 Å². The van der Waals surface area contributed by atoms with Crippen molar-refractivity contribution in [1.29, 1.82) is 0 Å². The van der Waals surface area contributed by atoms with Gasteiger partial charge in [0, 0.05) is 23.5 Å². The van der Waals surface area contributed by atoms with E-state index in [4.69, 9.17) is 0 Å². The molecule has 2 N–H and O–H groups in total. The molecule has 0 radical (unpaired) electrons. The molecule has 70 valence electrons. The molecule has 0 fully saturated rings. The minimum absolute atomic E-state index is 0.195. The molecule has 0 unspecified atom stereocenters. The van der Waals surface area contributed by atoms with Crippen molar-refractivity contribution in [2.24, 2.45) is 0 Å². The van der Waals surface area contributed by atoms with Crippen molar-refractivity contribution in [2.75, 3.05) is 5.32 Å². The van der Waals surface area contributed by atoms with E-state index in [1.165, 1.54) is 6.08 Å². The number of rotatable bonds is 2. The highest BCUT2D eigenvalue weighted by Gasteiger charge is 1.98. The van der Waals surface area contributed by atoms with Crippen molar-refractivity contribution in [1.82, 2.24) is 4.98 Å². The average molecular weight is 186 g/mol. The van der Waals surface area contributed by atoms with Gasteiger partial charge in [-0.15, -0.1) is 0 Å². The van der Waals surface area contributed by atoms with Crippen LogP contribution in [0.3, 0.4) is 0 Å². The molecule has 14 heavy (non-hydrogen) atoms. The minimum Gasteiger partial charge on any atom is -0.366 e. The highest BCUT2D eigenvalue weighted by Crippen LogP contribution is 2.18. The number of benzene rings is 1. The zero-order chi connectivity index (χ0) is 9.97. The van der Waals surface area contributed by atoms with Crippen LogP contribution < -0.4 is 5.32 Å². The van der Waals surface area contributed by atoms with Gasteiger partial charge >= 0.3 is 0 Å². The summed E-state index contributed by atoms with van der Waals surface area (Å²) in [4.78, 5) is 14.0. The van der Waals surface area contributed by atoms with Gasteiger partial charge in [-0.1, -0.05) is 12.6 Å². The molecule has 2 rings (SSSR count). The number of hydrogen-bond donors (Lipinski definition) is 2. The maximum atomic E-state index is 11.0. The highest BCUT2D eigenvalue weighted by atomic mass is 16.1. The Morgan fingerprint density at radius 3 is 2.93 bits per heavy atom. The lowest BCUT2D eigenvalue weighted by atomic mass is 10.2. The molecule has 1 aromatic carbocycles. The predicted molar refractivity (Wildman–Crippen MR) is 57.1 cm³/mol. The van der Waals surface area contributed by atoms with Crippen LogP contribution in [0.2, 0.25) is 0 Å². The lowest BCUT2D eigenvalue weighted by molar-refractivity contribution is -0.111. The number of carbonyl (C=O) groups excluding carboxylic acids is 1. The molecule has 1 aromatic heterocycles. The maximum Gasteiger partial charge on any atom is 0.247 e. The van der Waals surface area contributed by atoms with Gasteiger partial charge in [-0.3, -0.25) is 4.79 Å².